The SMILES string of the molecule is Cc1cccc(C)c1CNCc1cnn(C)c1. The Morgan fingerprint density at radius 2 is 1.88 bits per heavy atom. The Hall–Kier alpha value is -1.61. The molecule has 0 amide bonds. The summed E-state index contributed by atoms with van der Waals surface area (Å²) in [6.45, 7) is 6.09. The van der Waals surface area contributed by atoms with Crippen molar-refractivity contribution >= 4 is 0 Å². The summed E-state index contributed by atoms with van der Waals surface area (Å²) in [6.07, 6.45) is 3.94. The highest BCUT2D eigenvalue weighted by Gasteiger charge is 2.02. The maximum atomic E-state index is 4.15. The molecule has 0 aliphatic rings. The van der Waals surface area contributed by atoms with Gasteiger partial charge in [0, 0.05) is 31.9 Å². The smallest absolute Gasteiger partial charge is 0.0534 e. The Morgan fingerprint density at radius 1 is 1.18 bits per heavy atom. The molecule has 0 aliphatic carbocycles. The molecule has 1 aromatic carbocycles. The van der Waals surface area contributed by atoms with Crippen LogP contribution in [-0.4, -0.2) is 9.78 Å². The standard InChI is InChI=1S/C14H19N3/c1-11-5-4-6-12(2)14(11)9-15-7-13-8-16-17(3)10-13/h4-6,8,10,15H,7,9H2,1-3H3. The minimum Gasteiger partial charge on any atom is -0.308 e. The predicted octanol–water partition coefficient (Wildman–Crippen LogP) is 2.33. The number of rotatable bonds is 4. The fraction of sp³-hybridized carbons (Fsp3) is 0.357. The van der Waals surface area contributed by atoms with Gasteiger partial charge < -0.3 is 5.32 Å². The van der Waals surface area contributed by atoms with Crippen molar-refractivity contribution < 1.29 is 0 Å². The van der Waals surface area contributed by atoms with Crippen LogP contribution < -0.4 is 5.32 Å². The van der Waals surface area contributed by atoms with Gasteiger partial charge >= 0.3 is 0 Å². The van der Waals surface area contributed by atoms with Crippen molar-refractivity contribution in [1.29, 1.82) is 0 Å². The average molecular weight is 229 g/mol. The summed E-state index contributed by atoms with van der Waals surface area (Å²) >= 11 is 0. The van der Waals surface area contributed by atoms with E-state index in [1.54, 1.807) is 0 Å². The number of nitrogens with one attached hydrogen (secondary N) is 1. The van der Waals surface area contributed by atoms with Crippen molar-refractivity contribution in [1.82, 2.24) is 15.1 Å². The number of benzene rings is 1. The van der Waals surface area contributed by atoms with Gasteiger partial charge in [-0.15, -0.1) is 0 Å². The number of aryl methyl sites for hydroxylation is 3. The molecule has 1 aromatic heterocycles. The Bertz CT molecular complexity index is 480. The summed E-state index contributed by atoms with van der Waals surface area (Å²) in [4.78, 5) is 0. The van der Waals surface area contributed by atoms with E-state index in [-0.39, 0.29) is 0 Å². The number of hydrogen-bond acceptors (Lipinski definition) is 2. The number of hydrogen-bond donors (Lipinski definition) is 1. The van der Waals surface area contributed by atoms with Crippen molar-refractivity contribution in [3.05, 3.63) is 52.8 Å². The molecular weight excluding hydrogens is 210 g/mol. The molecule has 1 N–H and O–H groups in total. The molecule has 0 spiro atoms. The first-order valence-electron chi connectivity index (χ1n) is 5.90. The maximum Gasteiger partial charge on any atom is 0.0534 e. The number of aromatic nitrogens is 2. The molecule has 0 radical (unpaired) electrons. The summed E-state index contributed by atoms with van der Waals surface area (Å²) < 4.78 is 1.83. The lowest BCUT2D eigenvalue weighted by Crippen LogP contribution is -2.14. The van der Waals surface area contributed by atoms with Gasteiger partial charge in [-0.05, 0) is 30.5 Å². The van der Waals surface area contributed by atoms with Crippen LogP contribution in [0.1, 0.15) is 22.3 Å². The van der Waals surface area contributed by atoms with Crippen LogP contribution in [0.2, 0.25) is 0 Å². The van der Waals surface area contributed by atoms with E-state index in [1.807, 2.05) is 24.1 Å². The van der Waals surface area contributed by atoms with Crippen molar-refractivity contribution in [2.75, 3.05) is 0 Å². The molecule has 0 atom stereocenters. The summed E-state index contributed by atoms with van der Waals surface area (Å²) in [7, 11) is 1.94. The lowest BCUT2D eigenvalue weighted by Gasteiger charge is -2.10. The van der Waals surface area contributed by atoms with Gasteiger partial charge in [0.25, 0.3) is 0 Å². The van der Waals surface area contributed by atoms with E-state index < -0.39 is 0 Å². The molecule has 0 unspecified atom stereocenters. The zero-order valence-electron chi connectivity index (χ0n) is 10.7. The fourth-order valence-electron chi connectivity index (χ4n) is 2.02. The van der Waals surface area contributed by atoms with Crippen LogP contribution >= 0.6 is 0 Å². The Morgan fingerprint density at radius 3 is 2.47 bits per heavy atom. The summed E-state index contributed by atoms with van der Waals surface area (Å²) in [6, 6.07) is 6.43. The molecule has 3 nitrogen and oxygen atoms in total. The maximum absolute atomic E-state index is 4.15. The van der Waals surface area contributed by atoms with Crippen molar-refractivity contribution in [2.24, 2.45) is 7.05 Å². The van der Waals surface area contributed by atoms with E-state index in [0.717, 1.165) is 13.1 Å². The lowest BCUT2D eigenvalue weighted by atomic mass is 10.0. The summed E-state index contributed by atoms with van der Waals surface area (Å²) in [5, 5.41) is 7.61. The zero-order valence-corrected chi connectivity index (χ0v) is 10.7. The molecule has 2 aromatic rings. The second-order valence-electron chi connectivity index (χ2n) is 4.50. The zero-order chi connectivity index (χ0) is 12.3. The monoisotopic (exact) mass is 229 g/mol. The second kappa shape index (κ2) is 5.15. The molecular formula is C14H19N3. The summed E-state index contributed by atoms with van der Waals surface area (Å²) in [5.41, 5.74) is 5.32. The summed E-state index contributed by atoms with van der Waals surface area (Å²) in [5.74, 6) is 0. The quantitative estimate of drug-likeness (QED) is 0.872. The lowest BCUT2D eigenvalue weighted by molar-refractivity contribution is 0.686. The first-order chi connectivity index (χ1) is 8.16. The first kappa shape index (κ1) is 11.9. The fourth-order valence-corrected chi connectivity index (χ4v) is 2.02. The van der Waals surface area contributed by atoms with Gasteiger partial charge in [-0.25, -0.2) is 0 Å². The average Bonchev–Trinajstić information content (AvgIpc) is 2.69. The third-order valence-corrected chi connectivity index (χ3v) is 3.03. The van der Waals surface area contributed by atoms with E-state index in [0.29, 0.717) is 0 Å². The molecule has 1 heterocycles. The largest absolute Gasteiger partial charge is 0.308 e. The van der Waals surface area contributed by atoms with Crippen molar-refractivity contribution in [3.63, 3.8) is 0 Å². The molecule has 2 rings (SSSR count). The minimum absolute atomic E-state index is 0.863. The highest BCUT2D eigenvalue weighted by molar-refractivity contribution is 5.33. The predicted molar refractivity (Wildman–Crippen MR) is 69.7 cm³/mol. The van der Waals surface area contributed by atoms with Gasteiger partial charge in [0.1, 0.15) is 0 Å². The Kier molecular flexibility index (Phi) is 3.59. The molecule has 0 fully saturated rings. The first-order valence-corrected chi connectivity index (χ1v) is 5.90. The van der Waals surface area contributed by atoms with E-state index >= 15 is 0 Å². The minimum atomic E-state index is 0.863. The molecule has 0 bridgehead atoms. The molecule has 0 aliphatic heterocycles. The van der Waals surface area contributed by atoms with Crippen LogP contribution in [-0.2, 0) is 20.1 Å². The van der Waals surface area contributed by atoms with E-state index in [1.165, 1.54) is 22.3 Å². The van der Waals surface area contributed by atoms with Gasteiger partial charge in [-0.3, -0.25) is 4.68 Å². The van der Waals surface area contributed by atoms with Crippen LogP contribution in [0, 0.1) is 13.8 Å². The topological polar surface area (TPSA) is 29.9 Å². The van der Waals surface area contributed by atoms with Crippen LogP contribution in [0.4, 0.5) is 0 Å². The number of nitrogens with zero attached hydrogens (tertiary/aromatic N) is 2. The van der Waals surface area contributed by atoms with Gasteiger partial charge in [-0.2, -0.15) is 5.10 Å². The molecule has 0 saturated heterocycles. The van der Waals surface area contributed by atoms with Gasteiger partial charge in [0.2, 0.25) is 0 Å². The highest BCUT2D eigenvalue weighted by Crippen LogP contribution is 2.12. The molecule has 90 valence electrons. The van der Waals surface area contributed by atoms with Crippen molar-refractivity contribution in [2.45, 2.75) is 26.9 Å². The van der Waals surface area contributed by atoms with E-state index in [2.05, 4.69) is 42.5 Å². The normalized spacial score (nSPS) is 10.8. The van der Waals surface area contributed by atoms with Crippen LogP contribution in [0.5, 0.6) is 0 Å². The Balaban J connectivity index is 1.94. The second-order valence-corrected chi connectivity index (χ2v) is 4.50. The molecule has 17 heavy (non-hydrogen) atoms. The van der Waals surface area contributed by atoms with Crippen molar-refractivity contribution in [3.8, 4) is 0 Å². The van der Waals surface area contributed by atoms with Gasteiger partial charge in [-0.1, -0.05) is 18.2 Å². The van der Waals surface area contributed by atoms with Crippen LogP contribution in [0.3, 0.4) is 0 Å². The Labute approximate surface area is 102 Å². The highest BCUT2D eigenvalue weighted by atomic mass is 15.2. The molecule has 0 saturated carbocycles. The van der Waals surface area contributed by atoms with Crippen LogP contribution in [0.15, 0.2) is 30.6 Å². The van der Waals surface area contributed by atoms with Gasteiger partial charge in [0.05, 0.1) is 6.20 Å². The van der Waals surface area contributed by atoms with E-state index in [9.17, 15) is 0 Å². The third-order valence-electron chi connectivity index (χ3n) is 3.03. The third kappa shape index (κ3) is 2.94. The van der Waals surface area contributed by atoms with E-state index in [4.69, 9.17) is 0 Å². The van der Waals surface area contributed by atoms with Gasteiger partial charge in [0.15, 0.2) is 0 Å². The molecule has 3 heteroatoms. The van der Waals surface area contributed by atoms with Crippen LogP contribution in [0.25, 0.3) is 0 Å².